The van der Waals surface area contributed by atoms with Crippen molar-refractivity contribution >= 4 is 17.7 Å². The van der Waals surface area contributed by atoms with E-state index in [4.69, 9.17) is 14.5 Å². The molecule has 3 aliphatic rings. The van der Waals surface area contributed by atoms with Crippen molar-refractivity contribution in [1.29, 1.82) is 5.26 Å². The van der Waals surface area contributed by atoms with Gasteiger partial charge in [0.25, 0.3) is 0 Å². The van der Waals surface area contributed by atoms with Gasteiger partial charge in [0.2, 0.25) is 5.91 Å². The van der Waals surface area contributed by atoms with Crippen molar-refractivity contribution in [1.82, 2.24) is 9.88 Å². The molecular formula is C27H38N4O4. The fourth-order valence-electron chi connectivity index (χ4n) is 5.29. The molecule has 1 aromatic rings. The molecule has 2 fully saturated rings. The highest BCUT2D eigenvalue weighted by atomic mass is 16.5. The Morgan fingerprint density at radius 3 is 2.60 bits per heavy atom. The summed E-state index contributed by atoms with van der Waals surface area (Å²) in [4.78, 5) is 34.0. The van der Waals surface area contributed by atoms with Gasteiger partial charge in [0.15, 0.2) is 0 Å². The van der Waals surface area contributed by atoms with E-state index in [0.29, 0.717) is 50.8 Å². The average molecular weight is 483 g/mol. The molecule has 0 spiro atoms. The molecule has 1 aromatic heterocycles. The number of esters is 1. The van der Waals surface area contributed by atoms with E-state index in [1.54, 1.807) is 6.92 Å². The highest BCUT2D eigenvalue weighted by molar-refractivity contribution is 5.82. The molecule has 0 bridgehead atoms. The monoisotopic (exact) mass is 482 g/mol. The Labute approximate surface area is 208 Å². The number of piperazine rings is 1. The molecule has 1 unspecified atom stereocenters. The Morgan fingerprint density at radius 1 is 1.23 bits per heavy atom. The summed E-state index contributed by atoms with van der Waals surface area (Å²) in [5, 5.41) is 10.2. The lowest BCUT2D eigenvalue weighted by Crippen LogP contribution is -2.57. The second-order valence-corrected chi connectivity index (χ2v) is 10.9. The molecule has 0 aromatic carbocycles. The van der Waals surface area contributed by atoms with Gasteiger partial charge in [-0.1, -0.05) is 13.8 Å². The van der Waals surface area contributed by atoms with Crippen molar-refractivity contribution < 1.29 is 19.1 Å². The largest absolute Gasteiger partial charge is 0.466 e. The Balaban J connectivity index is 1.60. The highest BCUT2D eigenvalue weighted by Gasteiger charge is 2.39. The average Bonchev–Trinajstić information content (AvgIpc) is 3.66. The molecule has 8 nitrogen and oxygen atoms in total. The first-order valence-corrected chi connectivity index (χ1v) is 12.9. The first-order chi connectivity index (χ1) is 16.6. The van der Waals surface area contributed by atoms with Crippen molar-refractivity contribution in [3.63, 3.8) is 0 Å². The van der Waals surface area contributed by atoms with Crippen LogP contribution in [0.5, 0.6) is 0 Å². The second-order valence-electron chi connectivity index (χ2n) is 10.9. The van der Waals surface area contributed by atoms with Gasteiger partial charge < -0.3 is 19.3 Å². The maximum absolute atomic E-state index is 13.0. The molecule has 1 saturated carbocycles. The molecule has 0 radical (unpaired) electrons. The zero-order valence-electron chi connectivity index (χ0n) is 21.7. The van der Waals surface area contributed by atoms with Gasteiger partial charge in [-0.15, -0.1) is 0 Å². The number of rotatable bonds is 7. The van der Waals surface area contributed by atoms with Crippen LogP contribution in [0.4, 0.5) is 5.82 Å². The lowest BCUT2D eigenvalue weighted by atomic mass is 9.87. The zero-order chi connectivity index (χ0) is 25.3. The predicted molar refractivity (Wildman–Crippen MR) is 132 cm³/mol. The minimum atomic E-state index is -0.336. The van der Waals surface area contributed by atoms with Crippen LogP contribution in [-0.4, -0.2) is 59.6 Å². The molecule has 190 valence electrons. The molecule has 1 amide bonds. The summed E-state index contributed by atoms with van der Waals surface area (Å²) in [6.45, 7) is 12.7. The van der Waals surface area contributed by atoms with Crippen molar-refractivity contribution in [2.24, 2.45) is 5.92 Å². The van der Waals surface area contributed by atoms with E-state index in [9.17, 15) is 14.9 Å². The first-order valence-electron chi connectivity index (χ1n) is 12.9. The summed E-state index contributed by atoms with van der Waals surface area (Å²) in [7, 11) is 0. The van der Waals surface area contributed by atoms with Crippen LogP contribution in [0.1, 0.15) is 88.6 Å². The molecule has 1 atom stereocenters. The summed E-state index contributed by atoms with van der Waals surface area (Å²) >= 11 is 0. The van der Waals surface area contributed by atoms with Crippen molar-refractivity contribution in [3.8, 4) is 6.07 Å². The van der Waals surface area contributed by atoms with Crippen molar-refractivity contribution in [3.05, 3.63) is 22.4 Å². The second kappa shape index (κ2) is 10.1. The number of fused-ring (bicyclic) bond motifs is 1. The molecule has 3 heterocycles. The summed E-state index contributed by atoms with van der Waals surface area (Å²) in [5.41, 5.74) is 3.64. The molecular weight excluding hydrogens is 444 g/mol. The number of amides is 1. The fourth-order valence-corrected chi connectivity index (χ4v) is 5.29. The van der Waals surface area contributed by atoms with E-state index >= 15 is 0 Å². The maximum atomic E-state index is 13.0. The number of ether oxygens (including phenoxy) is 2. The summed E-state index contributed by atoms with van der Waals surface area (Å²) in [5.74, 6) is 1.08. The Morgan fingerprint density at radius 2 is 1.97 bits per heavy atom. The fraction of sp³-hybridized carbons (Fsp3) is 0.704. The smallest absolute Gasteiger partial charge is 0.306 e. The van der Waals surface area contributed by atoms with E-state index in [0.717, 1.165) is 35.5 Å². The van der Waals surface area contributed by atoms with Crippen LogP contribution < -0.4 is 4.90 Å². The SMILES string of the molecule is CCOC(=O)CCC(=O)N1CCN(c2nc(C3CC3)c3c(c2C#N)CC(C)(C)OC3)CC1C(C)C. The van der Waals surface area contributed by atoms with Crippen LogP contribution in [0.25, 0.3) is 0 Å². The van der Waals surface area contributed by atoms with Crippen molar-refractivity contribution in [2.45, 2.75) is 90.9 Å². The standard InChI is InChI=1S/C27H38N4O4/c1-6-34-24(33)10-9-23(32)31-12-11-30(15-22(31)17(2)3)26-20(14-28)19-13-27(4,5)35-16-21(19)25(29-26)18-7-8-18/h17-18,22H,6-13,15-16H2,1-5H3. The lowest BCUT2D eigenvalue weighted by molar-refractivity contribution is -0.146. The molecule has 4 rings (SSSR count). The maximum Gasteiger partial charge on any atom is 0.306 e. The third-order valence-corrected chi connectivity index (χ3v) is 7.37. The van der Waals surface area contributed by atoms with E-state index in [2.05, 4.69) is 38.7 Å². The van der Waals surface area contributed by atoms with Gasteiger partial charge in [-0.2, -0.15) is 5.26 Å². The van der Waals surface area contributed by atoms with Gasteiger partial charge in [0.05, 0.1) is 42.5 Å². The topological polar surface area (TPSA) is 95.8 Å². The van der Waals surface area contributed by atoms with Crippen LogP contribution in [-0.2, 0) is 32.1 Å². The normalized spacial score (nSPS) is 21.5. The third kappa shape index (κ3) is 5.45. The quantitative estimate of drug-likeness (QED) is 0.547. The minimum Gasteiger partial charge on any atom is -0.466 e. The Bertz CT molecular complexity index is 1020. The van der Waals surface area contributed by atoms with Gasteiger partial charge >= 0.3 is 5.97 Å². The van der Waals surface area contributed by atoms with Crippen LogP contribution in [0, 0.1) is 17.2 Å². The molecule has 35 heavy (non-hydrogen) atoms. The number of nitriles is 1. The van der Waals surface area contributed by atoms with Gasteiger partial charge in [-0.05, 0) is 45.1 Å². The van der Waals surface area contributed by atoms with E-state index < -0.39 is 0 Å². The van der Waals surface area contributed by atoms with Crippen molar-refractivity contribution in [2.75, 3.05) is 31.1 Å². The van der Waals surface area contributed by atoms with Crippen LogP contribution in [0.3, 0.4) is 0 Å². The van der Waals surface area contributed by atoms with Gasteiger partial charge in [-0.25, -0.2) is 4.98 Å². The van der Waals surface area contributed by atoms with Gasteiger partial charge in [0, 0.05) is 44.0 Å². The predicted octanol–water partition coefficient (Wildman–Crippen LogP) is 3.70. The molecule has 0 N–H and O–H groups in total. The van der Waals surface area contributed by atoms with Crippen LogP contribution >= 0.6 is 0 Å². The summed E-state index contributed by atoms with van der Waals surface area (Å²) in [6.07, 6.45) is 3.21. The molecule has 8 heteroatoms. The summed E-state index contributed by atoms with van der Waals surface area (Å²) < 4.78 is 11.1. The number of pyridine rings is 1. The highest BCUT2D eigenvalue weighted by Crippen LogP contribution is 2.46. The van der Waals surface area contributed by atoms with Gasteiger partial charge in [-0.3, -0.25) is 9.59 Å². The Hall–Kier alpha value is -2.66. The summed E-state index contributed by atoms with van der Waals surface area (Å²) in [6, 6.07) is 2.46. The number of aromatic nitrogens is 1. The number of anilines is 1. The van der Waals surface area contributed by atoms with E-state index in [-0.39, 0.29) is 42.3 Å². The molecule has 2 aliphatic heterocycles. The zero-order valence-corrected chi connectivity index (χ0v) is 21.7. The Kier molecular flexibility index (Phi) is 7.37. The number of nitrogens with zero attached hydrogens (tertiary/aromatic N) is 4. The molecule has 1 saturated heterocycles. The number of hydrogen-bond donors (Lipinski definition) is 0. The number of carbonyl (C=O) groups excluding carboxylic acids is 2. The minimum absolute atomic E-state index is 0.0205. The lowest BCUT2D eigenvalue weighted by Gasteiger charge is -2.44. The van der Waals surface area contributed by atoms with Crippen LogP contribution in [0.2, 0.25) is 0 Å². The third-order valence-electron chi connectivity index (χ3n) is 7.37. The number of carbonyl (C=O) groups is 2. The molecule has 1 aliphatic carbocycles. The van der Waals surface area contributed by atoms with E-state index in [1.165, 1.54) is 0 Å². The first kappa shape index (κ1) is 25.4. The van der Waals surface area contributed by atoms with Crippen LogP contribution in [0.15, 0.2) is 0 Å². The van der Waals surface area contributed by atoms with E-state index in [1.807, 2.05) is 4.90 Å². The number of hydrogen-bond acceptors (Lipinski definition) is 7. The van der Waals surface area contributed by atoms with Gasteiger partial charge in [0.1, 0.15) is 11.9 Å².